The molecule has 0 bridgehead atoms. The normalized spacial score (nSPS) is 10.8. The second kappa shape index (κ2) is 3.72. The van der Waals surface area contributed by atoms with Crippen LogP contribution < -0.4 is 0 Å². The third-order valence-electron chi connectivity index (χ3n) is 2.42. The van der Waals surface area contributed by atoms with Crippen molar-refractivity contribution in [2.75, 3.05) is 0 Å². The van der Waals surface area contributed by atoms with Crippen LogP contribution in [0.3, 0.4) is 0 Å². The maximum absolute atomic E-state index is 4.36. The van der Waals surface area contributed by atoms with Crippen molar-refractivity contribution >= 4 is 26.8 Å². The summed E-state index contributed by atoms with van der Waals surface area (Å²) in [5.41, 5.74) is 2.05. The molecule has 0 amide bonds. The van der Waals surface area contributed by atoms with Crippen molar-refractivity contribution in [1.82, 2.24) is 14.8 Å². The van der Waals surface area contributed by atoms with E-state index in [4.69, 9.17) is 0 Å². The highest BCUT2D eigenvalue weighted by atomic mass is 79.9. The largest absolute Gasteiger partial charge is 0.262 e. The predicted molar refractivity (Wildman–Crippen MR) is 66.6 cm³/mol. The molecule has 3 rings (SSSR count). The molecule has 2 aromatic heterocycles. The van der Waals surface area contributed by atoms with Gasteiger partial charge in [-0.05, 0) is 30.3 Å². The minimum absolute atomic E-state index is 0.972. The SMILES string of the molecule is Brc1ccc2c(cnn2-c2cccnc2)c1. The van der Waals surface area contributed by atoms with E-state index in [9.17, 15) is 0 Å². The van der Waals surface area contributed by atoms with Gasteiger partial charge in [-0.25, -0.2) is 4.68 Å². The van der Waals surface area contributed by atoms with Gasteiger partial charge >= 0.3 is 0 Å². The second-order valence-corrected chi connectivity index (χ2v) is 4.39. The van der Waals surface area contributed by atoms with Crippen LogP contribution in [0, 0.1) is 0 Å². The Bertz CT molecular complexity index is 631. The number of hydrogen-bond donors (Lipinski definition) is 0. The molecule has 0 spiro atoms. The van der Waals surface area contributed by atoms with Gasteiger partial charge in [-0.1, -0.05) is 15.9 Å². The van der Waals surface area contributed by atoms with Gasteiger partial charge in [0.25, 0.3) is 0 Å². The van der Waals surface area contributed by atoms with E-state index in [0.29, 0.717) is 0 Å². The van der Waals surface area contributed by atoms with Crippen LogP contribution >= 0.6 is 15.9 Å². The highest BCUT2D eigenvalue weighted by Crippen LogP contribution is 2.21. The fourth-order valence-corrected chi connectivity index (χ4v) is 2.07. The van der Waals surface area contributed by atoms with Crippen LogP contribution in [0.25, 0.3) is 16.6 Å². The number of pyridine rings is 1. The molecule has 0 radical (unpaired) electrons. The number of nitrogens with zero attached hydrogens (tertiary/aromatic N) is 3. The van der Waals surface area contributed by atoms with Gasteiger partial charge in [0.05, 0.1) is 23.6 Å². The molecule has 3 nitrogen and oxygen atoms in total. The quantitative estimate of drug-likeness (QED) is 0.682. The lowest BCUT2D eigenvalue weighted by Gasteiger charge is -2.01. The first-order chi connectivity index (χ1) is 7.84. The number of fused-ring (bicyclic) bond motifs is 1. The van der Waals surface area contributed by atoms with Crippen LogP contribution in [-0.4, -0.2) is 14.8 Å². The zero-order valence-electron chi connectivity index (χ0n) is 8.34. The van der Waals surface area contributed by atoms with E-state index >= 15 is 0 Å². The smallest absolute Gasteiger partial charge is 0.0836 e. The Morgan fingerprint density at radius 2 is 2.06 bits per heavy atom. The molecule has 0 aliphatic rings. The van der Waals surface area contributed by atoms with Crippen LogP contribution in [0.1, 0.15) is 0 Å². The molecule has 0 atom stereocenters. The molecular weight excluding hydrogens is 266 g/mol. The fraction of sp³-hybridized carbons (Fsp3) is 0. The first-order valence-corrected chi connectivity index (χ1v) is 5.67. The summed E-state index contributed by atoms with van der Waals surface area (Å²) in [7, 11) is 0. The molecule has 2 heterocycles. The van der Waals surface area contributed by atoms with Crippen LogP contribution in [0.4, 0.5) is 0 Å². The van der Waals surface area contributed by atoms with E-state index in [1.807, 2.05) is 35.1 Å². The first-order valence-electron chi connectivity index (χ1n) is 4.88. The number of rotatable bonds is 1. The molecular formula is C12H8BrN3. The molecule has 78 valence electrons. The summed E-state index contributed by atoms with van der Waals surface area (Å²) in [4.78, 5) is 4.09. The Labute approximate surface area is 101 Å². The minimum Gasteiger partial charge on any atom is -0.262 e. The average molecular weight is 274 g/mol. The van der Waals surface area contributed by atoms with Crippen molar-refractivity contribution in [1.29, 1.82) is 0 Å². The van der Waals surface area contributed by atoms with Crippen molar-refractivity contribution in [2.24, 2.45) is 0 Å². The molecule has 1 aromatic carbocycles. The molecule has 4 heteroatoms. The zero-order chi connectivity index (χ0) is 11.0. The number of halogens is 1. The van der Waals surface area contributed by atoms with Gasteiger partial charge in [0, 0.05) is 16.1 Å². The lowest BCUT2D eigenvalue weighted by atomic mass is 10.2. The Kier molecular flexibility index (Phi) is 2.22. The first kappa shape index (κ1) is 9.54. The van der Waals surface area contributed by atoms with E-state index in [1.54, 1.807) is 12.4 Å². The van der Waals surface area contributed by atoms with E-state index in [1.165, 1.54) is 0 Å². The average Bonchev–Trinajstić information content (AvgIpc) is 2.73. The van der Waals surface area contributed by atoms with Crippen LogP contribution in [0.15, 0.2) is 53.4 Å². The summed E-state index contributed by atoms with van der Waals surface area (Å²) in [6, 6.07) is 9.99. The van der Waals surface area contributed by atoms with Gasteiger partial charge in [0.2, 0.25) is 0 Å². The third-order valence-corrected chi connectivity index (χ3v) is 2.91. The van der Waals surface area contributed by atoms with Crippen LogP contribution in [-0.2, 0) is 0 Å². The van der Waals surface area contributed by atoms with Crippen molar-refractivity contribution in [3.8, 4) is 5.69 Å². The van der Waals surface area contributed by atoms with E-state index < -0.39 is 0 Å². The summed E-state index contributed by atoms with van der Waals surface area (Å²) in [5, 5.41) is 5.47. The number of aromatic nitrogens is 3. The summed E-state index contributed by atoms with van der Waals surface area (Å²) >= 11 is 3.45. The van der Waals surface area contributed by atoms with Gasteiger partial charge in [-0.2, -0.15) is 5.10 Å². The molecule has 0 saturated carbocycles. The molecule has 0 aliphatic heterocycles. The second-order valence-electron chi connectivity index (χ2n) is 3.47. The van der Waals surface area contributed by atoms with Gasteiger partial charge in [-0.15, -0.1) is 0 Å². The molecule has 3 aromatic rings. The Hall–Kier alpha value is -1.68. The topological polar surface area (TPSA) is 30.7 Å². The monoisotopic (exact) mass is 273 g/mol. The molecule has 0 unspecified atom stereocenters. The van der Waals surface area contributed by atoms with Crippen molar-refractivity contribution in [3.05, 3.63) is 53.4 Å². The lowest BCUT2D eigenvalue weighted by Crippen LogP contribution is -1.95. The number of hydrogen-bond acceptors (Lipinski definition) is 2. The van der Waals surface area contributed by atoms with Gasteiger partial charge in [0.15, 0.2) is 0 Å². The van der Waals surface area contributed by atoms with E-state index in [2.05, 4.69) is 32.1 Å². The molecule has 0 aliphatic carbocycles. The molecule has 16 heavy (non-hydrogen) atoms. The number of benzene rings is 1. The summed E-state index contributed by atoms with van der Waals surface area (Å²) in [6.07, 6.45) is 5.41. The van der Waals surface area contributed by atoms with Crippen LogP contribution in [0.2, 0.25) is 0 Å². The van der Waals surface area contributed by atoms with E-state index in [0.717, 1.165) is 21.1 Å². The third kappa shape index (κ3) is 1.51. The maximum Gasteiger partial charge on any atom is 0.0836 e. The molecule has 0 saturated heterocycles. The summed E-state index contributed by atoms with van der Waals surface area (Å²) < 4.78 is 2.94. The maximum atomic E-state index is 4.36. The lowest BCUT2D eigenvalue weighted by molar-refractivity contribution is 0.903. The summed E-state index contributed by atoms with van der Waals surface area (Å²) in [6.45, 7) is 0. The predicted octanol–water partition coefficient (Wildman–Crippen LogP) is 3.18. The van der Waals surface area contributed by atoms with Gasteiger partial charge in [-0.3, -0.25) is 4.98 Å². The fourth-order valence-electron chi connectivity index (χ4n) is 1.69. The Balaban J connectivity index is 2.26. The Morgan fingerprint density at radius 1 is 1.12 bits per heavy atom. The van der Waals surface area contributed by atoms with Crippen molar-refractivity contribution in [2.45, 2.75) is 0 Å². The highest BCUT2D eigenvalue weighted by Gasteiger charge is 2.04. The van der Waals surface area contributed by atoms with Crippen LogP contribution in [0.5, 0.6) is 0 Å². The minimum atomic E-state index is 0.972. The zero-order valence-corrected chi connectivity index (χ0v) is 9.92. The molecule has 0 N–H and O–H groups in total. The van der Waals surface area contributed by atoms with Gasteiger partial charge in [0.1, 0.15) is 0 Å². The molecule has 0 fully saturated rings. The van der Waals surface area contributed by atoms with Gasteiger partial charge < -0.3 is 0 Å². The van der Waals surface area contributed by atoms with Crippen molar-refractivity contribution < 1.29 is 0 Å². The van der Waals surface area contributed by atoms with E-state index in [-0.39, 0.29) is 0 Å². The Morgan fingerprint density at radius 3 is 2.88 bits per heavy atom. The summed E-state index contributed by atoms with van der Waals surface area (Å²) in [5.74, 6) is 0. The van der Waals surface area contributed by atoms with Crippen molar-refractivity contribution in [3.63, 3.8) is 0 Å². The standard InChI is InChI=1S/C12H8BrN3/c13-10-3-4-12-9(6-10)7-15-16(12)11-2-1-5-14-8-11/h1-8H. The highest BCUT2D eigenvalue weighted by molar-refractivity contribution is 9.10.